The van der Waals surface area contributed by atoms with Crippen LogP contribution in [0.5, 0.6) is 0 Å². The second kappa shape index (κ2) is 7.61. The van der Waals surface area contributed by atoms with E-state index in [1.807, 2.05) is 0 Å². The number of aromatic nitrogens is 3. The highest BCUT2D eigenvalue weighted by atomic mass is 32.1. The van der Waals surface area contributed by atoms with Gasteiger partial charge in [0, 0.05) is 19.5 Å². The number of aryl methyl sites for hydroxylation is 1. The molecule has 0 aliphatic heterocycles. The lowest BCUT2D eigenvalue weighted by molar-refractivity contribution is 0.275. The van der Waals surface area contributed by atoms with Crippen LogP contribution in [0.25, 0.3) is 0 Å². The predicted molar refractivity (Wildman–Crippen MR) is 73.8 cm³/mol. The molecule has 0 bridgehead atoms. The molecule has 0 amide bonds. The Balaban J connectivity index is 2.60. The first-order chi connectivity index (χ1) is 8.22. The van der Waals surface area contributed by atoms with Crippen LogP contribution in [0, 0.1) is 4.77 Å². The van der Waals surface area contributed by atoms with Crippen LogP contribution < -0.4 is 0 Å². The van der Waals surface area contributed by atoms with Gasteiger partial charge in [-0.3, -0.25) is 5.10 Å². The number of hydrogen-bond donors (Lipinski definition) is 1. The zero-order chi connectivity index (χ0) is 12.7. The van der Waals surface area contributed by atoms with E-state index in [1.165, 1.54) is 6.42 Å². The highest BCUT2D eigenvalue weighted by molar-refractivity contribution is 7.71. The molecule has 0 saturated heterocycles. The molecule has 0 saturated carbocycles. The van der Waals surface area contributed by atoms with E-state index in [9.17, 15) is 0 Å². The van der Waals surface area contributed by atoms with Gasteiger partial charge in [-0.2, -0.15) is 5.10 Å². The predicted octanol–water partition coefficient (Wildman–Crippen LogP) is 2.63. The normalized spacial score (nSPS) is 11.3. The molecule has 0 radical (unpaired) electrons. The van der Waals surface area contributed by atoms with Crippen molar-refractivity contribution < 1.29 is 0 Å². The first kappa shape index (κ1) is 14.4. The van der Waals surface area contributed by atoms with Crippen molar-refractivity contribution in [2.24, 2.45) is 0 Å². The number of hydrogen-bond acceptors (Lipinski definition) is 3. The zero-order valence-corrected chi connectivity index (χ0v) is 12.0. The van der Waals surface area contributed by atoms with Gasteiger partial charge in [0.25, 0.3) is 0 Å². The number of rotatable bonds is 8. The van der Waals surface area contributed by atoms with Crippen molar-refractivity contribution >= 4 is 12.2 Å². The molecular weight excluding hydrogens is 232 g/mol. The van der Waals surface area contributed by atoms with E-state index in [0.29, 0.717) is 0 Å². The van der Waals surface area contributed by atoms with E-state index in [1.54, 1.807) is 0 Å². The Morgan fingerprint density at radius 2 is 2.00 bits per heavy atom. The second-order valence-electron chi connectivity index (χ2n) is 4.28. The van der Waals surface area contributed by atoms with Crippen LogP contribution in [-0.2, 0) is 13.0 Å². The van der Waals surface area contributed by atoms with Gasteiger partial charge in [0.05, 0.1) is 0 Å². The fourth-order valence-electron chi connectivity index (χ4n) is 1.98. The fraction of sp³-hybridized carbons (Fsp3) is 0.833. The van der Waals surface area contributed by atoms with Crippen LogP contribution in [0.1, 0.15) is 39.4 Å². The van der Waals surface area contributed by atoms with Crippen molar-refractivity contribution in [3.8, 4) is 0 Å². The summed E-state index contributed by atoms with van der Waals surface area (Å²) < 4.78 is 2.89. The summed E-state index contributed by atoms with van der Waals surface area (Å²) in [6, 6.07) is 0. The van der Waals surface area contributed by atoms with Gasteiger partial charge in [-0.15, -0.1) is 0 Å². The van der Waals surface area contributed by atoms with Crippen LogP contribution in [0.15, 0.2) is 0 Å². The SMILES string of the molecule is CCCc1n[nH]c(=S)n1CCN(CC)CCC. The van der Waals surface area contributed by atoms with Gasteiger partial charge in [-0.05, 0) is 38.1 Å². The van der Waals surface area contributed by atoms with E-state index in [4.69, 9.17) is 12.2 Å². The Morgan fingerprint density at radius 3 is 2.59 bits per heavy atom. The molecule has 0 aliphatic rings. The van der Waals surface area contributed by atoms with Gasteiger partial charge in [0.15, 0.2) is 4.77 Å². The lowest BCUT2D eigenvalue weighted by atomic mass is 10.3. The minimum atomic E-state index is 0.751. The largest absolute Gasteiger partial charge is 0.303 e. The average molecular weight is 256 g/mol. The molecule has 1 aromatic heterocycles. The summed E-state index contributed by atoms with van der Waals surface area (Å²) in [6.45, 7) is 10.8. The van der Waals surface area contributed by atoms with Crippen molar-refractivity contribution in [1.29, 1.82) is 0 Å². The Hall–Kier alpha value is -0.680. The van der Waals surface area contributed by atoms with Crippen molar-refractivity contribution in [2.75, 3.05) is 19.6 Å². The highest BCUT2D eigenvalue weighted by Crippen LogP contribution is 2.02. The fourth-order valence-corrected chi connectivity index (χ4v) is 2.22. The lowest BCUT2D eigenvalue weighted by Gasteiger charge is -2.19. The standard InChI is InChI=1S/C12H24N4S/c1-4-7-11-13-14-12(17)16(11)10-9-15(6-3)8-5-2/h4-10H2,1-3H3,(H,14,17). The summed E-state index contributed by atoms with van der Waals surface area (Å²) in [6.07, 6.45) is 3.30. The summed E-state index contributed by atoms with van der Waals surface area (Å²) in [5.74, 6) is 1.09. The van der Waals surface area contributed by atoms with Crippen LogP contribution in [0.2, 0.25) is 0 Å². The summed E-state index contributed by atoms with van der Waals surface area (Å²) in [5.41, 5.74) is 0. The topological polar surface area (TPSA) is 36.9 Å². The molecule has 1 rings (SSSR count). The van der Waals surface area contributed by atoms with Crippen molar-refractivity contribution in [1.82, 2.24) is 19.7 Å². The van der Waals surface area contributed by atoms with Crippen LogP contribution in [0.3, 0.4) is 0 Å². The molecule has 1 aromatic rings. The molecule has 4 nitrogen and oxygen atoms in total. The maximum absolute atomic E-state index is 5.27. The first-order valence-corrected chi connectivity index (χ1v) is 7.00. The van der Waals surface area contributed by atoms with Gasteiger partial charge < -0.3 is 9.47 Å². The quantitative estimate of drug-likeness (QED) is 0.726. The van der Waals surface area contributed by atoms with Crippen LogP contribution >= 0.6 is 12.2 Å². The molecule has 17 heavy (non-hydrogen) atoms. The molecule has 1 N–H and O–H groups in total. The van der Waals surface area contributed by atoms with E-state index < -0.39 is 0 Å². The van der Waals surface area contributed by atoms with Crippen LogP contribution in [-0.4, -0.2) is 39.3 Å². The van der Waals surface area contributed by atoms with Gasteiger partial charge in [0.1, 0.15) is 5.82 Å². The van der Waals surface area contributed by atoms with E-state index in [2.05, 4.69) is 40.4 Å². The second-order valence-corrected chi connectivity index (χ2v) is 4.67. The number of likely N-dealkylation sites (N-methyl/N-ethyl adjacent to an activating group) is 1. The molecule has 0 aromatic carbocycles. The molecule has 0 unspecified atom stereocenters. The highest BCUT2D eigenvalue weighted by Gasteiger charge is 2.07. The Morgan fingerprint density at radius 1 is 1.24 bits per heavy atom. The summed E-state index contributed by atoms with van der Waals surface area (Å²) >= 11 is 5.27. The van der Waals surface area contributed by atoms with E-state index in [-0.39, 0.29) is 0 Å². The number of aromatic amines is 1. The zero-order valence-electron chi connectivity index (χ0n) is 11.2. The molecular formula is C12H24N4S. The Bertz CT molecular complexity index is 369. The van der Waals surface area contributed by atoms with Crippen molar-refractivity contribution in [3.63, 3.8) is 0 Å². The third-order valence-corrected chi connectivity index (χ3v) is 3.25. The minimum Gasteiger partial charge on any atom is -0.303 e. The molecule has 0 fully saturated rings. The maximum atomic E-state index is 5.27. The molecule has 0 atom stereocenters. The van der Waals surface area contributed by atoms with E-state index >= 15 is 0 Å². The Labute approximate surface area is 109 Å². The van der Waals surface area contributed by atoms with Gasteiger partial charge >= 0.3 is 0 Å². The summed E-state index contributed by atoms with van der Waals surface area (Å²) in [4.78, 5) is 2.45. The molecule has 98 valence electrons. The van der Waals surface area contributed by atoms with Crippen LogP contribution in [0.4, 0.5) is 0 Å². The minimum absolute atomic E-state index is 0.751. The average Bonchev–Trinajstić information content (AvgIpc) is 2.67. The first-order valence-electron chi connectivity index (χ1n) is 6.59. The van der Waals surface area contributed by atoms with E-state index in [0.717, 1.165) is 49.6 Å². The van der Waals surface area contributed by atoms with Gasteiger partial charge in [-0.25, -0.2) is 0 Å². The molecule has 1 heterocycles. The van der Waals surface area contributed by atoms with Gasteiger partial charge in [0.2, 0.25) is 0 Å². The molecule has 0 aliphatic carbocycles. The maximum Gasteiger partial charge on any atom is 0.195 e. The third-order valence-electron chi connectivity index (χ3n) is 2.94. The lowest BCUT2D eigenvalue weighted by Crippen LogP contribution is -2.28. The Kier molecular flexibility index (Phi) is 6.44. The van der Waals surface area contributed by atoms with Gasteiger partial charge in [-0.1, -0.05) is 20.8 Å². The summed E-state index contributed by atoms with van der Waals surface area (Å²) in [5, 5.41) is 7.18. The monoisotopic (exact) mass is 256 g/mol. The van der Waals surface area contributed by atoms with Crippen molar-refractivity contribution in [2.45, 2.75) is 46.6 Å². The number of nitrogens with zero attached hydrogens (tertiary/aromatic N) is 3. The molecule has 5 heteroatoms. The van der Waals surface area contributed by atoms with Crippen molar-refractivity contribution in [3.05, 3.63) is 10.6 Å². The summed E-state index contributed by atoms with van der Waals surface area (Å²) in [7, 11) is 0. The number of nitrogens with one attached hydrogen (secondary N) is 1. The number of H-pyrrole nitrogens is 1. The third kappa shape index (κ3) is 4.24. The molecule has 0 spiro atoms. The smallest absolute Gasteiger partial charge is 0.195 e.